The zero-order valence-corrected chi connectivity index (χ0v) is 17.5. The summed E-state index contributed by atoms with van der Waals surface area (Å²) in [4.78, 5) is 17.8. The number of para-hydroxylation sites is 1. The van der Waals surface area contributed by atoms with Crippen LogP contribution in [0, 0.1) is 6.92 Å². The van der Waals surface area contributed by atoms with Crippen LogP contribution in [0.2, 0.25) is 0 Å². The van der Waals surface area contributed by atoms with Crippen molar-refractivity contribution >= 4 is 40.4 Å². The molecule has 4 nitrogen and oxygen atoms in total. The summed E-state index contributed by atoms with van der Waals surface area (Å²) in [7, 11) is 0. The normalized spacial score (nSPS) is 16.5. The Kier molecular flexibility index (Phi) is 5.59. The smallest absolute Gasteiger partial charge is 0.266 e. The van der Waals surface area contributed by atoms with Gasteiger partial charge in [-0.2, -0.15) is 10.1 Å². The van der Waals surface area contributed by atoms with Crippen LogP contribution in [0.4, 0.5) is 5.69 Å². The van der Waals surface area contributed by atoms with Crippen LogP contribution in [0.3, 0.4) is 0 Å². The first-order valence-corrected chi connectivity index (χ1v) is 11.1. The quantitative estimate of drug-likeness (QED) is 0.520. The minimum absolute atomic E-state index is 0.00624. The lowest BCUT2D eigenvalue weighted by Gasteiger charge is -2.13. The van der Waals surface area contributed by atoms with Gasteiger partial charge < -0.3 is 0 Å². The molecule has 28 heavy (non-hydrogen) atoms. The molecule has 0 spiro atoms. The Balaban J connectivity index is 1.56. The van der Waals surface area contributed by atoms with Crippen LogP contribution in [-0.2, 0) is 4.79 Å². The van der Waals surface area contributed by atoms with Gasteiger partial charge in [0.1, 0.15) is 5.25 Å². The van der Waals surface area contributed by atoms with E-state index in [9.17, 15) is 4.79 Å². The SMILES string of the molecule is CCCC1=NN(c2ccccc2)C(=O)C1Sc1nc(-c2ccc(C)cc2)cs1. The van der Waals surface area contributed by atoms with Crippen LogP contribution in [-0.4, -0.2) is 21.9 Å². The predicted octanol–water partition coefficient (Wildman–Crippen LogP) is 5.78. The fraction of sp³-hybridized carbons (Fsp3) is 0.227. The number of hydrogen-bond donors (Lipinski definition) is 0. The van der Waals surface area contributed by atoms with Crippen molar-refractivity contribution in [2.45, 2.75) is 36.3 Å². The molecule has 0 saturated carbocycles. The van der Waals surface area contributed by atoms with Gasteiger partial charge in [0.05, 0.1) is 17.1 Å². The van der Waals surface area contributed by atoms with E-state index in [-0.39, 0.29) is 11.2 Å². The Morgan fingerprint density at radius 3 is 2.57 bits per heavy atom. The van der Waals surface area contributed by atoms with Crippen molar-refractivity contribution in [1.82, 2.24) is 4.98 Å². The number of aromatic nitrogens is 1. The van der Waals surface area contributed by atoms with Crippen LogP contribution in [0.1, 0.15) is 25.3 Å². The van der Waals surface area contributed by atoms with E-state index in [1.54, 1.807) is 11.3 Å². The van der Waals surface area contributed by atoms with Gasteiger partial charge in [-0.3, -0.25) is 4.79 Å². The number of carbonyl (C=O) groups excluding carboxylic acids is 1. The van der Waals surface area contributed by atoms with Gasteiger partial charge in [0.15, 0.2) is 4.34 Å². The number of nitrogens with zero attached hydrogens (tertiary/aromatic N) is 3. The maximum absolute atomic E-state index is 13.1. The van der Waals surface area contributed by atoms with Gasteiger partial charge in [-0.25, -0.2) is 4.98 Å². The largest absolute Gasteiger partial charge is 0.271 e. The van der Waals surface area contributed by atoms with E-state index in [2.05, 4.69) is 48.6 Å². The molecule has 6 heteroatoms. The highest BCUT2D eigenvalue weighted by Crippen LogP contribution is 2.36. The molecule has 3 aromatic rings. The highest BCUT2D eigenvalue weighted by Gasteiger charge is 2.37. The topological polar surface area (TPSA) is 45.6 Å². The Morgan fingerprint density at radius 1 is 1.11 bits per heavy atom. The Bertz CT molecular complexity index is 996. The van der Waals surface area contributed by atoms with Gasteiger partial charge in [-0.05, 0) is 25.5 Å². The van der Waals surface area contributed by atoms with E-state index >= 15 is 0 Å². The van der Waals surface area contributed by atoms with Crippen molar-refractivity contribution in [1.29, 1.82) is 0 Å². The van der Waals surface area contributed by atoms with Crippen molar-refractivity contribution in [3.05, 3.63) is 65.5 Å². The summed E-state index contributed by atoms with van der Waals surface area (Å²) in [6.07, 6.45) is 1.77. The molecule has 1 atom stereocenters. The van der Waals surface area contributed by atoms with Crippen LogP contribution < -0.4 is 5.01 Å². The van der Waals surface area contributed by atoms with Crippen LogP contribution in [0.5, 0.6) is 0 Å². The van der Waals surface area contributed by atoms with Crippen LogP contribution >= 0.6 is 23.1 Å². The zero-order chi connectivity index (χ0) is 19.5. The molecule has 1 aliphatic heterocycles. The van der Waals surface area contributed by atoms with Gasteiger partial charge in [0.25, 0.3) is 5.91 Å². The molecule has 142 valence electrons. The summed E-state index contributed by atoms with van der Waals surface area (Å²) in [5, 5.41) is 7.92. The molecule has 1 aromatic heterocycles. The molecule has 0 aliphatic carbocycles. The number of hydrogen-bond acceptors (Lipinski definition) is 5. The fourth-order valence-corrected chi connectivity index (χ4v) is 5.12. The number of carbonyl (C=O) groups is 1. The van der Waals surface area contributed by atoms with Gasteiger partial charge in [-0.1, -0.05) is 73.1 Å². The van der Waals surface area contributed by atoms with E-state index in [1.807, 2.05) is 30.3 Å². The van der Waals surface area contributed by atoms with E-state index < -0.39 is 0 Å². The van der Waals surface area contributed by atoms with Crippen molar-refractivity contribution in [3.63, 3.8) is 0 Å². The molecule has 4 rings (SSSR count). The lowest BCUT2D eigenvalue weighted by molar-refractivity contribution is -0.116. The number of rotatable bonds is 6. The molecular weight excluding hydrogens is 386 g/mol. The Labute approximate surface area is 173 Å². The first-order valence-electron chi connectivity index (χ1n) is 9.31. The highest BCUT2D eigenvalue weighted by atomic mass is 32.2. The molecule has 0 radical (unpaired) electrons. The first kappa shape index (κ1) is 18.9. The number of thioether (sulfide) groups is 1. The molecule has 1 aliphatic rings. The average molecular weight is 408 g/mol. The maximum Gasteiger partial charge on any atom is 0.266 e. The molecule has 0 fully saturated rings. The summed E-state index contributed by atoms with van der Waals surface area (Å²) in [6, 6.07) is 18.0. The molecular formula is C22H21N3OS2. The molecule has 0 N–H and O–H groups in total. The number of anilines is 1. The van der Waals surface area contributed by atoms with E-state index in [4.69, 9.17) is 4.98 Å². The standard InChI is InChI=1S/C22H21N3OS2/c1-3-7-18-20(21(26)25(24-18)17-8-5-4-6-9-17)28-22-23-19(14-27-22)16-12-10-15(2)11-13-16/h4-6,8-14,20H,3,7H2,1-2H3. The summed E-state index contributed by atoms with van der Waals surface area (Å²) in [5.74, 6) is 0.00624. The fourth-order valence-electron chi connectivity index (χ4n) is 3.06. The number of aryl methyl sites for hydroxylation is 1. The number of thiazole rings is 1. The Hall–Kier alpha value is -2.44. The Morgan fingerprint density at radius 2 is 1.86 bits per heavy atom. The molecule has 1 unspecified atom stereocenters. The van der Waals surface area contributed by atoms with Crippen molar-refractivity contribution in [2.75, 3.05) is 5.01 Å². The predicted molar refractivity (Wildman–Crippen MR) is 118 cm³/mol. The second-order valence-electron chi connectivity index (χ2n) is 6.69. The lowest BCUT2D eigenvalue weighted by atomic mass is 10.1. The van der Waals surface area contributed by atoms with Crippen molar-refractivity contribution in [3.8, 4) is 11.3 Å². The van der Waals surface area contributed by atoms with Crippen LogP contribution in [0.25, 0.3) is 11.3 Å². The summed E-state index contributed by atoms with van der Waals surface area (Å²) in [6.45, 7) is 4.18. The average Bonchev–Trinajstić information content (AvgIpc) is 3.30. The summed E-state index contributed by atoms with van der Waals surface area (Å²) >= 11 is 3.09. The lowest BCUT2D eigenvalue weighted by Crippen LogP contribution is -2.29. The third-order valence-corrected chi connectivity index (χ3v) is 6.73. The summed E-state index contributed by atoms with van der Waals surface area (Å²) < 4.78 is 0.896. The third-order valence-electron chi connectivity index (χ3n) is 4.52. The molecule has 2 aromatic carbocycles. The number of amides is 1. The van der Waals surface area contributed by atoms with Gasteiger partial charge in [-0.15, -0.1) is 11.3 Å². The second-order valence-corrected chi connectivity index (χ2v) is 8.90. The minimum atomic E-state index is -0.308. The van der Waals surface area contributed by atoms with Crippen LogP contribution in [0.15, 0.2) is 69.4 Å². The van der Waals surface area contributed by atoms with Gasteiger partial charge in [0.2, 0.25) is 0 Å². The van der Waals surface area contributed by atoms with E-state index in [0.29, 0.717) is 0 Å². The monoisotopic (exact) mass is 407 g/mol. The number of hydrazone groups is 1. The third kappa shape index (κ3) is 3.88. The van der Waals surface area contributed by atoms with Crippen molar-refractivity contribution < 1.29 is 4.79 Å². The highest BCUT2D eigenvalue weighted by molar-refractivity contribution is 8.03. The van der Waals surface area contributed by atoms with Crippen molar-refractivity contribution in [2.24, 2.45) is 5.10 Å². The molecule has 1 amide bonds. The molecule has 0 saturated heterocycles. The number of benzene rings is 2. The molecule has 2 heterocycles. The van der Waals surface area contributed by atoms with Gasteiger partial charge >= 0.3 is 0 Å². The van der Waals surface area contributed by atoms with E-state index in [0.717, 1.165) is 39.8 Å². The first-order chi connectivity index (χ1) is 13.7. The van der Waals surface area contributed by atoms with E-state index in [1.165, 1.54) is 22.3 Å². The van der Waals surface area contributed by atoms with Gasteiger partial charge in [0, 0.05) is 10.9 Å². The zero-order valence-electron chi connectivity index (χ0n) is 15.8. The minimum Gasteiger partial charge on any atom is -0.271 e. The molecule has 0 bridgehead atoms. The second kappa shape index (κ2) is 8.29. The maximum atomic E-state index is 13.1. The summed E-state index contributed by atoms with van der Waals surface area (Å²) in [5.41, 5.74) is 5.01.